The zero-order valence-corrected chi connectivity index (χ0v) is 16.2. The summed E-state index contributed by atoms with van der Waals surface area (Å²) < 4.78 is 11.9. The summed E-state index contributed by atoms with van der Waals surface area (Å²) in [7, 11) is 1.82. The zero-order chi connectivity index (χ0) is 18.8. The van der Waals surface area contributed by atoms with E-state index in [0.29, 0.717) is 12.3 Å². The van der Waals surface area contributed by atoms with Gasteiger partial charge in [-0.05, 0) is 43.6 Å². The Kier molecular flexibility index (Phi) is 5.21. The van der Waals surface area contributed by atoms with E-state index in [1.807, 2.05) is 31.3 Å². The Labute approximate surface area is 160 Å². The molecule has 2 aliphatic heterocycles. The summed E-state index contributed by atoms with van der Waals surface area (Å²) in [6, 6.07) is 10.0. The highest BCUT2D eigenvalue weighted by Gasteiger charge is 2.27. The van der Waals surface area contributed by atoms with Crippen molar-refractivity contribution in [2.45, 2.75) is 45.3 Å². The third-order valence-electron chi connectivity index (χ3n) is 5.56. The Morgan fingerprint density at radius 3 is 2.78 bits per heavy atom. The van der Waals surface area contributed by atoms with Crippen molar-refractivity contribution in [2.24, 2.45) is 0 Å². The second-order valence-corrected chi connectivity index (χ2v) is 7.63. The zero-order valence-electron chi connectivity index (χ0n) is 16.2. The van der Waals surface area contributed by atoms with E-state index in [1.165, 1.54) is 18.4 Å². The van der Waals surface area contributed by atoms with Crippen molar-refractivity contribution in [1.29, 1.82) is 0 Å². The minimum Gasteiger partial charge on any atom is -0.488 e. The number of likely N-dealkylation sites (tertiary alicyclic amines) is 1. The van der Waals surface area contributed by atoms with Crippen LogP contribution in [0.4, 0.5) is 0 Å². The molecule has 5 nitrogen and oxygen atoms in total. The van der Waals surface area contributed by atoms with Gasteiger partial charge in [0.2, 0.25) is 0 Å². The van der Waals surface area contributed by atoms with Crippen molar-refractivity contribution in [3.63, 3.8) is 0 Å². The van der Waals surface area contributed by atoms with E-state index in [9.17, 15) is 4.79 Å². The number of fused-ring (bicyclic) bond motifs is 1. The second kappa shape index (κ2) is 7.77. The second-order valence-electron chi connectivity index (χ2n) is 7.63. The number of hydrogen-bond acceptors (Lipinski definition) is 4. The van der Waals surface area contributed by atoms with Crippen LogP contribution in [-0.4, -0.2) is 48.5 Å². The quantitative estimate of drug-likeness (QED) is 0.783. The lowest BCUT2D eigenvalue weighted by Gasteiger charge is -2.20. The molecule has 1 amide bonds. The van der Waals surface area contributed by atoms with Gasteiger partial charge in [-0.3, -0.25) is 9.69 Å². The van der Waals surface area contributed by atoms with E-state index >= 15 is 0 Å². The highest BCUT2D eigenvalue weighted by atomic mass is 16.5. The molecule has 0 aliphatic carbocycles. The average molecular weight is 368 g/mol. The van der Waals surface area contributed by atoms with E-state index in [0.717, 1.165) is 49.5 Å². The van der Waals surface area contributed by atoms with Crippen LogP contribution in [0, 0.1) is 0 Å². The summed E-state index contributed by atoms with van der Waals surface area (Å²) in [5, 5.41) is 0. The van der Waals surface area contributed by atoms with Gasteiger partial charge in [-0.15, -0.1) is 0 Å². The topological polar surface area (TPSA) is 45.9 Å². The normalized spacial score (nSPS) is 19.1. The third kappa shape index (κ3) is 3.88. The first-order valence-electron chi connectivity index (χ1n) is 9.98. The van der Waals surface area contributed by atoms with Crippen LogP contribution in [0.2, 0.25) is 0 Å². The van der Waals surface area contributed by atoms with Crippen molar-refractivity contribution < 1.29 is 13.9 Å². The van der Waals surface area contributed by atoms with Gasteiger partial charge < -0.3 is 14.1 Å². The van der Waals surface area contributed by atoms with Gasteiger partial charge in [0.1, 0.15) is 17.6 Å². The maximum absolute atomic E-state index is 12.9. The van der Waals surface area contributed by atoms with Gasteiger partial charge in [-0.1, -0.05) is 25.1 Å². The van der Waals surface area contributed by atoms with E-state index < -0.39 is 0 Å². The molecule has 1 fully saturated rings. The maximum Gasteiger partial charge on any atom is 0.289 e. The van der Waals surface area contributed by atoms with Gasteiger partial charge in [-0.2, -0.15) is 0 Å². The number of furan rings is 1. The first-order valence-corrected chi connectivity index (χ1v) is 9.98. The molecule has 144 valence electrons. The SMILES string of the molecule is CCc1oc(C(=O)N(C)CC2Cc3ccccc3O2)cc1CN1CCCC1. The molecular formula is C22H28N2O3. The fraction of sp³-hybridized carbons (Fsp3) is 0.500. The monoisotopic (exact) mass is 368 g/mol. The molecule has 3 heterocycles. The largest absolute Gasteiger partial charge is 0.488 e. The summed E-state index contributed by atoms with van der Waals surface area (Å²) in [5.41, 5.74) is 2.36. The van der Waals surface area contributed by atoms with Crippen molar-refractivity contribution in [1.82, 2.24) is 9.80 Å². The standard InChI is InChI=1S/C22H28N2O3/c1-3-19-17(14-24-10-6-7-11-24)13-21(27-19)22(25)23(2)15-18-12-16-8-4-5-9-20(16)26-18/h4-5,8-9,13,18H,3,6-7,10-12,14-15H2,1-2H3. The Morgan fingerprint density at radius 1 is 1.26 bits per heavy atom. The van der Waals surface area contributed by atoms with Crippen LogP contribution in [0.15, 0.2) is 34.7 Å². The van der Waals surface area contributed by atoms with Gasteiger partial charge in [0.25, 0.3) is 5.91 Å². The van der Waals surface area contributed by atoms with Crippen LogP contribution < -0.4 is 4.74 Å². The predicted molar refractivity (Wildman–Crippen MR) is 104 cm³/mol. The van der Waals surface area contributed by atoms with Gasteiger partial charge in [-0.25, -0.2) is 0 Å². The number of ether oxygens (including phenoxy) is 1. The van der Waals surface area contributed by atoms with Crippen LogP contribution >= 0.6 is 0 Å². The highest BCUT2D eigenvalue weighted by molar-refractivity contribution is 5.91. The molecule has 0 spiro atoms. The van der Waals surface area contributed by atoms with Crippen LogP contribution in [0.25, 0.3) is 0 Å². The van der Waals surface area contributed by atoms with E-state index in [2.05, 4.69) is 17.9 Å². The molecule has 2 aromatic rings. The predicted octanol–water partition coefficient (Wildman–Crippen LogP) is 3.51. The molecule has 0 saturated carbocycles. The molecule has 1 unspecified atom stereocenters. The molecule has 5 heteroatoms. The fourth-order valence-electron chi connectivity index (χ4n) is 4.12. The lowest BCUT2D eigenvalue weighted by molar-refractivity contribution is 0.0698. The number of benzene rings is 1. The average Bonchev–Trinajstić information content (AvgIpc) is 3.40. The number of likely N-dealkylation sites (N-methyl/N-ethyl adjacent to an activating group) is 1. The first kappa shape index (κ1) is 18.1. The summed E-state index contributed by atoms with van der Waals surface area (Å²) in [5.74, 6) is 2.24. The molecule has 1 aromatic carbocycles. The molecule has 1 aromatic heterocycles. The fourth-order valence-corrected chi connectivity index (χ4v) is 4.12. The van der Waals surface area contributed by atoms with Crippen molar-refractivity contribution >= 4 is 5.91 Å². The van der Waals surface area contributed by atoms with E-state index in [1.54, 1.807) is 4.90 Å². The van der Waals surface area contributed by atoms with Gasteiger partial charge in [0.15, 0.2) is 5.76 Å². The van der Waals surface area contributed by atoms with Crippen molar-refractivity contribution in [2.75, 3.05) is 26.7 Å². The minimum atomic E-state index is -0.0723. The maximum atomic E-state index is 12.9. The Hall–Kier alpha value is -2.27. The molecule has 4 rings (SSSR count). The molecular weight excluding hydrogens is 340 g/mol. The van der Waals surface area contributed by atoms with Crippen molar-refractivity contribution in [3.8, 4) is 5.75 Å². The number of rotatable bonds is 6. The Bertz CT molecular complexity index is 783. The summed E-state index contributed by atoms with van der Waals surface area (Å²) in [6.45, 7) is 5.78. The number of carbonyl (C=O) groups excluding carboxylic acids is 1. The van der Waals surface area contributed by atoms with Crippen LogP contribution in [-0.2, 0) is 19.4 Å². The van der Waals surface area contributed by atoms with Crippen LogP contribution in [0.1, 0.15) is 47.2 Å². The number of aryl methyl sites for hydroxylation is 1. The number of para-hydroxylation sites is 1. The van der Waals surface area contributed by atoms with Gasteiger partial charge >= 0.3 is 0 Å². The van der Waals surface area contributed by atoms with Gasteiger partial charge in [0.05, 0.1) is 6.54 Å². The minimum absolute atomic E-state index is 0.000952. The summed E-state index contributed by atoms with van der Waals surface area (Å²) >= 11 is 0. The number of amides is 1. The third-order valence-corrected chi connectivity index (χ3v) is 5.56. The molecule has 0 N–H and O–H groups in total. The number of carbonyl (C=O) groups is 1. The molecule has 0 radical (unpaired) electrons. The highest BCUT2D eigenvalue weighted by Crippen LogP contribution is 2.29. The Balaban J connectivity index is 1.40. The van der Waals surface area contributed by atoms with Crippen molar-refractivity contribution in [3.05, 3.63) is 53.0 Å². The first-order chi connectivity index (χ1) is 13.1. The van der Waals surface area contributed by atoms with E-state index in [-0.39, 0.29) is 12.0 Å². The lowest BCUT2D eigenvalue weighted by atomic mass is 10.1. The van der Waals surface area contributed by atoms with Gasteiger partial charge in [0, 0.05) is 32.0 Å². The summed E-state index contributed by atoms with van der Waals surface area (Å²) in [6.07, 6.45) is 4.17. The molecule has 27 heavy (non-hydrogen) atoms. The summed E-state index contributed by atoms with van der Waals surface area (Å²) in [4.78, 5) is 17.0. The molecule has 0 bridgehead atoms. The van der Waals surface area contributed by atoms with Crippen LogP contribution in [0.3, 0.4) is 0 Å². The number of nitrogens with zero attached hydrogens (tertiary/aromatic N) is 2. The number of hydrogen-bond donors (Lipinski definition) is 0. The van der Waals surface area contributed by atoms with Crippen LogP contribution in [0.5, 0.6) is 5.75 Å². The Morgan fingerprint density at radius 2 is 2.04 bits per heavy atom. The molecule has 2 aliphatic rings. The molecule has 1 atom stereocenters. The lowest BCUT2D eigenvalue weighted by Crippen LogP contribution is -2.36. The smallest absolute Gasteiger partial charge is 0.289 e. The van der Waals surface area contributed by atoms with E-state index in [4.69, 9.17) is 9.15 Å². The molecule has 1 saturated heterocycles.